The lowest BCUT2D eigenvalue weighted by Gasteiger charge is -2.39. The van der Waals surface area contributed by atoms with E-state index >= 15 is 0 Å². The van der Waals surface area contributed by atoms with Crippen molar-refractivity contribution < 1.29 is 23.9 Å². The molecule has 0 amide bonds. The van der Waals surface area contributed by atoms with Gasteiger partial charge in [-0.1, -0.05) is 30.3 Å². The van der Waals surface area contributed by atoms with E-state index in [4.69, 9.17) is 9.47 Å². The largest absolute Gasteiger partial charge is 0.465 e. The normalized spacial score (nSPS) is 22.5. The molecule has 7 heteroatoms. The van der Waals surface area contributed by atoms with Gasteiger partial charge in [0.15, 0.2) is 5.78 Å². The second kappa shape index (κ2) is 9.75. The lowest BCUT2D eigenvalue weighted by Crippen LogP contribution is -2.43. The summed E-state index contributed by atoms with van der Waals surface area (Å²) >= 11 is 1.49. The highest BCUT2D eigenvalue weighted by Gasteiger charge is 2.49. The van der Waals surface area contributed by atoms with Crippen LogP contribution in [0.15, 0.2) is 69.7 Å². The summed E-state index contributed by atoms with van der Waals surface area (Å²) in [5.41, 5.74) is 4.01. The van der Waals surface area contributed by atoms with Gasteiger partial charge >= 0.3 is 11.9 Å². The molecule has 0 saturated heterocycles. The van der Waals surface area contributed by atoms with Crippen molar-refractivity contribution in [1.29, 1.82) is 0 Å². The Morgan fingerprint density at radius 3 is 2.42 bits per heavy atom. The van der Waals surface area contributed by atoms with E-state index in [9.17, 15) is 14.4 Å². The molecule has 6 nitrogen and oxygen atoms in total. The van der Waals surface area contributed by atoms with Crippen molar-refractivity contribution in [2.45, 2.75) is 39.0 Å². The van der Waals surface area contributed by atoms with Crippen molar-refractivity contribution in [2.75, 3.05) is 13.2 Å². The molecule has 3 unspecified atom stereocenters. The Morgan fingerprint density at radius 1 is 1.06 bits per heavy atom. The van der Waals surface area contributed by atoms with Crippen LogP contribution in [0.3, 0.4) is 0 Å². The Labute approximate surface area is 197 Å². The number of dihydropyridines is 1. The molecule has 1 N–H and O–H groups in total. The van der Waals surface area contributed by atoms with Crippen molar-refractivity contribution in [2.24, 2.45) is 5.92 Å². The number of allylic oxidation sites excluding steroid dienone is 3. The first kappa shape index (κ1) is 23.0. The number of ketones is 1. The van der Waals surface area contributed by atoms with Gasteiger partial charge in [-0.3, -0.25) is 9.59 Å². The van der Waals surface area contributed by atoms with Crippen LogP contribution in [0.1, 0.15) is 50.2 Å². The summed E-state index contributed by atoms with van der Waals surface area (Å²) in [6.07, 6.45) is 0.461. The number of esters is 2. The number of hydrogen-bond acceptors (Lipinski definition) is 7. The average Bonchev–Trinajstić information content (AvgIpc) is 3.33. The molecule has 0 saturated carbocycles. The fourth-order valence-electron chi connectivity index (χ4n) is 4.80. The maximum Gasteiger partial charge on any atom is 0.336 e. The summed E-state index contributed by atoms with van der Waals surface area (Å²) in [5, 5.41) is 7.16. The molecule has 172 valence electrons. The third kappa shape index (κ3) is 4.25. The molecule has 0 fully saturated rings. The van der Waals surface area contributed by atoms with E-state index in [1.54, 1.807) is 13.8 Å². The van der Waals surface area contributed by atoms with Gasteiger partial charge in [0, 0.05) is 28.8 Å². The van der Waals surface area contributed by atoms with E-state index in [0.717, 1.165) is 16.8 Å². The predicted octanol–water partition coefficient (Wildman–Crippen LogP) is 4.46. The van der Waals surface area contributed by atoms with Crippen molar-refractivity contribution >= 4 is 29.1 Å². The molecular formula is C26H27NO5S. The van der Waals surface area contributed by atoms with Crippen molar-refractivity contribution in [3.63, 3.8) is 0 Å². The molecule has 33 heavy (non-hydrogen) atoms. The standard InChI is InChI=1S/C26H27NO5S/c1-4-31-25(29)20-15(3)27-19-13-18(16-9-7-6-8-10-16)22(26(30)32-5-2)24(28)23(19)21(20)17-11-12-33-14-17/h6-12,14,18,21-22,27H,4-5,13H2,1-3H3. The number of Topliss-reactive ketones (excluding diaryl/α,β-unsaturated/α-hetero) is 1. The molecule has 0 radical (unpaired) electrons. The van der Waals surface area contributed by atoms with Crippen molar-refractivity contribution in [3.05, 3.63) is 80.8 Å². The van der Waals surface area contributed by atoms with E-state index in [0.29, 0.717) is 23.3 Å². The molecule has 1 aliphatic heterocycles. The van der Waals surface area contributed by atoms with Gasteiger partial charge in [-0.2, -0.15) is 11.3 Å². The van der Waals surface area contributed by atoms with Gasteiger partial charge in [0.1, 0.15) is 5.92 Å². The fourth-order valence-corrected chi connectivity index (χ4v) is 5.49. The van der Waals surface area contributed by atoms with Gasteiger partial charge in [-0.25, -0.2) is 4.79 Å². The minimum absolute atomic E-state index is 0.190. The van der Waals surface area contributed by atoms with Crippen LogP contribution < -0.4 is 5.32 Å². The molecule has 2 heterocycles. The first-order chi connectivity index (χ1) is 16.0. The van der Waals surface area contributed by atoms with E-state index in [1.807, 2.05) is 54.1 Å². The molecule has 2 aromatic rings. The molecule has 3 atom stereocenters. The lowest BCUT2D eigenvalue weighted by atomic mass is 9.67. The van der Waals surface area contributed by atoms with E-state index in [2.05, 4.69) is 5.32 Å². The molecule has 0 bridgehead atoms. The van der Waals surface area contributed by atoms with Crippen LogP contribution in [0, 0.1) is 5.92 Å². The van der Waals surface area contributed by atoms with Gasteiger partial charge in [-0.15, -0.1) is 0 Å². The Kier molecular flexibility index (Phi) is 6.79. The van der Waals surface area contributed by atoms with Gasteiger partial charge in [0.2, 0.25) is 0 Å². The van der Waals surface area contributed by atoms with Crippen LogP contribution in [0.4, 0.5) is 0 Å². The van der Waals surface area contributed by atoms with Gasteiger partial charge < -0.3 is 14.8 Å². The monoisotopic (exact) mass is 465 g/mol. The summed E-state index contributed by atoms with van der Waals surface area (Å²) < 4.78 is 10.7. The zero-order valence-corrected chi connectivity index (χ0v) is 19.7. The predicted molar refractivity (Wildman–Crippen MR) is 125 cm³/mol. The highest BCUT2D eigenvalue weighted by atomic mass is 32.1. The lowest BCUT2D eigenvalue weighted by molar-refractivity contribution is -0.152. The highest BCUT2D eigenvalue weighted by Crippen LogP contribution is 2.48. The van der Waals surface area contributed by atoms with Gasteiger partial charge in [-0.05, 0) is 55.1 Å². The summed E-state index contributed by atoms with van der Waals surface area (Å²) in [7, 11) is 0. The third-order valence-corrected chi connectivity index (χ3v) is 6.86. The summed E-state index contributed by atoms with van der Waals surface area (Å²) in [6, 6.07) is 11.5. The SMILES string of the molecule is CCOC(=O)C1=C(C)NC2=C(C(=O)C(C(=O)OCC)C(c3ccccc3)C2)C1c1ccsc1. The Hall–Kier alpha value is -3.19. The van der Waals surface area contributed by atoms with E-state index in [-0.39, 0.29) is 24.9 Å². The van der Waals surface area contributed by atoms with Crippen molar-refractivity contribution in [1.82, 2.24) is 5.32 Å². The van der Waals surface area contributed by atoms with Crippen LogP contribution in [-0.4, -0.2) is 30.9 Å². The molecule has 0 spiro atoms. The van der Waals surface area contributed by atoms with Crippen LogP contribution in [0.5, 0.6) is 0 Å². The van der Waals surface area contributed by atoms with Crippen LogP contribution in [-0.2, 0) is 23.9 Å². The van der Waals surface area contributed by atoms with Crippen LogP contribution in [0.2, 0.25) is 0 Å². The number of carbonyl (C=O) groups excluding carboxylic acids is 3. The molecule has 1 aliphatic carbocycles. The van der Waals surface area contributed by atoms with Crippen molar-refractivity contribution in [3.8, 4) is 0 Å². The maximum atomic E-state index is 14.0. The number of nitrogens with one attached hydrogen (secondary N) is 1. The molecule has 1 aromatic carbocycles. The number of carbonyl (C=O) groups is 3. The number of rotatable bonds is 6. The van der Waals surface area contributed by atoms with E-state index in [1.165, 1.54) is 11.3 Å². The number of ether oxygens (including phenoxy) is 2. The number of thiophene rings is 1. The Balaban J connectivity index is 1.86. The zero-order chi connectivity index (χ0) is 23.5. The second-order valence-electron chi connectivity index (χ2n) is 8.08. The zero-order valence-electron chi connectivity index (χ0n) is 18.9. The Bertz CT molecular complexity index is 1120. The highest BCUT2D eigenvalue weighted by molar-refractivity contribution is 7.08. The summed E-state index contributed by atoms with van der Waals surface area (Å²) in [4.78, 5) is 40.0. The smallest absolute Gasteiger partial charge is 0.336 e. The van der Waals surface area contributed by atoms with Crippen LogP contribution >= 0.6 is 11.3 Å². The summed E-state index contributed by atoms with van der Waals surface area (Å²) in [6.45, 7) is 5.73. The Morgan fingerprint density at radius 2 is 1.79 bits per heavy atom. The second-order valence-corrected chi connectivity index (χ2v) is 8.86. The van der Waals surface area contributed by atoms with Gasteiger partial charge in [0.05, 0.1) is 18.8 Å². The molecule has 1 aromatic heterocycles. The van der Waals surface area contributed by atoms with Gasteiger partial charge in [0.25, 0.3) is 0 Å². The fraction of sp³-hybridized carbons (Fsp3) is 0.346. The maximum absolute atomic E-state index is 14.0. The first-order valence-corrected chi connectivity index (χ1v) is 12.1. The summed E-state index contributed by atoms with van der Waals surface area (Å²) in [5.74, 6) is -3.22. The molecular weight excluding hydrogens is 438 g/mol. The molecule has 4 rings (SSSR count). The average molecular weight is 466 g/mol. The number of hydrogen-bond donors (Lipinski definition) is 1. The first-order valence-electron chi connectivity index (χ1n) is 11.1. The van der Waals surface area contributed by atoms with E-state index < -0.39 is 23.8 Å². The van der Waals surface area contributed by atoms with Crippen LogP contribution in [0.25, 0.3) is 0 Å². The minimum atomic E-state index is -0.976. The molecule has 2 aliphatic rings. The topological polar surface area (TPSA) is 81.7 Å². The number of benzene rings is 1. The quantitative estimate of drug-likeness (QED) is 0.501. The third-order valence-electron chi connectivity index (χ3n) is 6.16. The minimum Gasteiger partial charge on any atom is -0.465 e.